The monoisotopic (exact) mass is 285 g/mol. The molecule has 0 aromatic heterocycles. The Morgan fingerprint density at radius 2 is 1.89 bits per heavy atom. The summed E-state index contributed by atoms with van der Waals surface area (Å²) >= 11 is 0. The highest BCUT2D eigenvalue weighted by Gasteiger charge is 2.36. The summed E-state index contributed by atoms with van der Waals surface area (Å²) in [5, 5.41) is 9.11. The Morgan fingerprint density at radius 3 is 2.32 bits per heavy atom. The minimum absolute atomic E-state index is 0.0801. The summed E-state index contributed by atoms with van der Waals surface area (Å²) < 4.78 is 26.7. The quantitative estimate of drug-likeness (QED) is 0.864. The lowest BCUT2D eigenvalue weighted by Crippen LogP contribution is -2.51. The lowest BCUT2D eigenvalue weighted by Gasteiger charge is -2.24. The van der Waals surface area contributed by atoms with Gasteiger partial charge in [-0.2, -0.15) is 4.72 Å². The Labute approximate surface area is 113 Å². The molecule has 2 N–H and O–H groups in total. The fourth-order valence-corrected chi connectivity index (χ4v) is 3.03. The summed E-state index contributed by atoms with van der Waals surface area (Å²) in [7, 11) is -3.85. The van der Waals surface area contributed by atoms with Crippen LogP contribution in [-0.4, -0.2) is 25.0 Å². The largest absolute Gasteiger partial charge is 0.480 e. The van der Waals surface area contributed by atoms with Crippen molar-refractivity contribution >= 4 is 16.0 Å². The second-order valence-corrected chi connectivity index (χ2v) is 6.52. The number of nitrogens with one attached hydrogen (secondary N) is 1. The van der Waals surface area contributed by atoms with E-state index in [1.165, 1.54) is 19.1 Å². The van der Waals surface area contributed by atoms with Gasteiger partial charge in [0.05, 0.1) is 4.90 Å². The molecule has 106 valence electrons. The molecule has 1 atom stereocenters. The van der Waals surface area contributed by atoms with Gasteiger partial charge in [-0.3, -0.25) is 4.79 Å². The van der Waals surface area contributed by atoms with Crippen molar-refractivity contribution in [1.82, 2.24) is 4.72 Å². The maximum absolute atomic E-state index is 12.2. The third kappa shape index (κ3) is 3.33. The molecule has 1 aromatic carbocycles. The third-order valence-electron chi connectivity index (χ3n) is 3.33. The number of carbonyl (C=O) groups is 1. The van der Waals surface area contributed by atoms with Crippen LogP contribution in [0, 0.1) is 13.8 Å². The molecule has 0 heterocycles. The summed E-state index contributed by atoms with van der Waals surface area (Å²) in [6.45, 7) is 6.67. The second-order valence-electron chi connectivity index (χ2n) is 4.84. The van der Waals surface area contributed by atoms with Crippen molar-refractivity contribution in [2.75, 3.05) is 0 Å². The van der Waals surface area contributed by atoms with E-state index in [9.17, 15) is 13.2 Å². The standard InChI is InChI=1S/C13H19NO4S/c1-5-13(4,12(15)16)14-19(17,18)11-7-6-9(2)10(3)8-11/h6-8,14H,5H2,1-4H3,(H,15,16). The number of sulfonamides is 1. The number of benzene rings is 1. The maximum atomic E-state index is 12.2. The molecule has 0 aliphatic heterocycles. The van der Waals surface area contributed by atoms with Crippen LogP contribution in [0.5, 0.6) is 0 Å². The molecule has 19 heavy (non-hydrogen) atoms. The molecule has 0 fully saturated rings. The fraction of sp³-hybridized carbons (Fsp3) is 0.462. The van der Waals surface area contributed by atoms with E-state index < -0.39 is 21.5 Å². The first-order valence-electron chi connectivity index (χ1n) is 5.97. The molecule has 0 radical (unpaired) electrons. The van der Waals surface area contributed by atoms with E-state index in [2.05, 4.69) is 4.72 Å². The van der Waals surface area contributed by atoms with Crippen molar-refractivity contribution in [2.24, 2.45) is 0 Å². The first kappa shape index (κ1) is 15.7. The lowest BCUT2D eigenvalue weighted by atomic mass is 10.0. The zero-order chi connectivity index (χ0) is 14.8. The predicted octanol–water partition coefficient (Wildman–Crippen LogP) is 1.84. The molecule has 1 aromatic rings. The van der Waals surface area contributed by atoms with Crippen LogP contribution in [0.1, 0.15) is 31.4 Å². The molecule has 0 aliphatic carbocycles. The highest BCUT2D eigenvalue weighted by molar-refractivity contribution is 7.89. The SMILES string of the molecule is CCC(C)(NS(=O)(=O)c1ccc(C)c(C)c1)C(=O)O. The van der Waals surface area contributed by atoms with Crippen LogP contribution in [0.3, 0.4) is 0 Å². The molecule has 0 aliphatic rings. The first-order chi connectivity index (χ1) is 8.62. The predicted molar refractivity (Wildman–Crippen MR) is 72.6 cm³/mol. The third-order valence-corrected chi connectivity index (χ3v) is 4.92. The second kappa shape index (κ2) is 5.30. The van der Waals surface area contributed by atoms with Gasteiger partial charge in [0.1, 0.15) is 5.54 Å². The van der Waals surface area contributed by atoms with Gasteiger partial charge >= 0.3 is 5.97 Å². The molecule has 0 amide bonds. The van der Waals surface area contributed by atoms with E-state index >= 15 is 0 Å². The van der Waals surface area contributed by atoms with Gasteiger partial charge in [-0.05, 0) is 50.5 Å². The van der Waals surface area contributed by atoms with Gasteiger partial charge in [-0.15, -0.1) is 0 Å². The van der Waals surface area contributed by atoms with Crippen molar-refractivity contribution in [3.05, 3.63) is 29.3 Å². The summed E-state index contributed by atoms with van der Waals surface area (Å²) in [6.07, 6.45) is 0.159. The number of carboxylic acids is 1. The zero-order valence-corrected chi connectivity index (χ0v) is 12.3. The molecule has 0 spiro atoms. The van der Waals surface area contributed by atoms with Crippen LogP contribution in [-0.2, 0) is 14.8 Å². The number of hydrogen-bond donors (Lipinski definition) is 2. The maximum Gasteiger partial charge on any atom is 0.324 e. The van der Waals surface area contributed by atoms with Crippen molar-refractivity contribution in [3.8, 4) is 0 Å². The van der Waals surface area contributed by atoms with Gasteiger partial charge in [-0.1, -0.05) is 13.0 Å². The summed E-state index contributed by atoms with van der Waals surface area (Å²) in [5.74, 6) is -1.19. The minimum Gasteiger partial charge on any atom is -0.480 e. The number of aryl methyl sites for hydroxylation is 2. The molecule has 5 nitrogen and oxygen atoms in total. The molecule has 6 heteroatoms. The van der Waals surface area contributed by atoms with Crippen LogP contribution >= 0.6 is 0 Å². The molecule has 0 saturated carbocycles. The number of hydrogen-bond acceptors (Lipinski definition) is 3. The van der Waals surface area contributed by atoms with Crippen molar-refractivity contribution in [2.45, 2.75) is 44.6 Å². The van der Waals surface area contributed by atoms with Gasteiger partial charge in [-0.25, -0.2) is 8.42 Å². The molecule has 0 bridgehead atoms. The van der Waals surface area contributed by atoms with Gasteiger partial charge in [0.2, 0.25) is 10.0 Å². The Morgan fingerprint density at radius 1 is 1.32 bits per heavy atom. The molecule has 1 rings (SSSR count). The summed E-state index contributed by atoms with van der Waals surface area (Å²) in [6, 6.07) is 4.71. The van der Waals surface area contributed by atoms with Gasteiger partial charge < -0.3 is 5.11 Å². The Bertz CT molecular complexity index is 595. The van der Waals surface area contributed by atoms with E-state index in [1.807, 2.05) is 13.8 Å². The summed E-state index contributed by atoms with van der Waals surface area (Å²) in [5.41, 5.74) is 0.323. The zero-order valence-electron chi connectivity index (χ0n) is 11.5. The normalized spacial score (nSPS) is 14.9. The van der Waals surface area contributed by atoms with Crippen LogP contribution in [0.4, 0.5) is 0 Å². The molecular formula is C13H19NO4S. The van der Waals surface area contributed by atoms with E-state index in [0.29, 0.717) is 0 Å². The minimum atomic E-state index is -3.85. The van der Waals surface area contributed by atoms with Crippen molar-refractivity contribution < 1.29 is 18.3 Å². The number of aliphatic carboxylic acids is 1. The van der Waals surface area contributed by atoms with E-state index in [4.69, 9.17) is 5.11 Å². The lowest BCUT2D eigenvalue weighted by molar-refractivity contribution is -0.143. The van der Waals surface area contributed by atoms with E-state index in [0.717, 1.165) is 11.1 Å². The Hall–Kier alpha value is -1.40. The van der Waals surface area contributed by atoms with E-state index in [1.54, 1.807) is 13.0 Å². The summed E-state index contributed by atoms with van der Waals surface area (Å²) in [4.78, 5) is 11.2. The molecular weight excluding hydrogens is 266 g/mol. The van der Waals surface area contributed by atoms with Crippen molar-refractivity contribution in [1.29, 1.82) is 0 Å². The van der Waals surface area contributed by atoms with Gasteiger partial charge in [0.15, 0.2) is 0 Å². The van der Waals surface area contributed by atoms with Crippen LogP contribution in [0.25, 0.3) is 0 Å². The highest BCUT2D eigenvalue weighted by atomic mass is 32.2. The smallest absolute Gasteiger partial charge is 0.324 e. The molecule has 1 unspecified atom stereocenters. The van der Waals surface area contributed by atoms with Crippen LogP contribution < -0.4 is 4.72 Å². The first-order valence-corrected chi connectivity index (χ1v) is 7.45. The van der Waals surface area contributed by atoms with Gasteiger partial charge in [0, 0.05) is 0 Å². The van der Waals surface area contributed by atoms with Crippen LogP contribution in [0.2, 0.25) is 0 Å². The highest BCUT2D eigenvalue weighted by Crippen LogP contribution is 2.18. The number of rotatable bonds is 5. The van der Waals surface area contributed by atoms with Crippen molar-refractivity contribution in [3.63, 3.8) is 0 Å². The Balaban J connectivity index is 3.18. The molecule has 0 saturated heterocycles. The number of carboxylic acid groups (broad SMARTS) is 1. The average Bonchev–Trinajstić information content (AvgIpc) is 2.31. The van der Waals surface area contributed by atoms with Gasteiger partial charge in [0.25, 0.3) is 0 Å². The topological polar surface area (TPSA) is 83.5 Å². The van der Waals surface area contributed by atoms with E-state index in [-0.39, 0.29) is 11.3 Å². The Kier molecular flexibility index (Phi) is 4.37. The fourth-order valence-electron chi connectivity index (χ4n) is 1.50. The van der Waals surface area contributed by atoms with Crippen LogP contribution in [0.15, 0.2) is 23.1 Å². The average molecular weight is 285 g/mol.